The van der Waals surface area contributed by atoms with Gasteiger partial charge < -0.3 is 21.3 Å². The average Bonchev–Trinajstić information content (AvgIpc) is 2.53. The lowest BCUT2D eigenvalue weighted by molar-refractivity contribution is 0.241. The Morgan fingerprint density at radius 2 is 1.22 bits per heavy atom. The molecule has 2 atom stereocenters. The molecule has 0 radical (unpaired) electrons. The lowest BCUT2D eigenvalue weighted by Gasteiger charge is -2.26. The molecular formula is C19H44N4. The minimum atomic E-state index is 0.623. The van der Waals surface area contributed by atoms with Crippen LogP contribution in [0.3, 0.4) is 0 Å². The Morgan fingerprint density at radius 3 is 1.70 bits per heavy atom. The molecule has 140 valence electrons. The van der Waals surface area contributed by atoms with E-state index < -0.39 is 0 Å². The second-order valence-electron chi connectivity index (χ2n) is 6.89. The average molecular weight is 329 g/mol. The van der Waals surface area contributed by atoms with E-state index in [9.17, 15) is 0 Å². The van der Waals surface area contributed by atoms with E-state index in [-0.39, 0.29) is 0 Å². The highest BCUT2D eigenvalue weighted by Crippen LogP contribution is 2.06. The van der Waals surface area contributed by atoms with Crippen molar-refractivity contribution in [2.24, 2.45) is 5.73 Å². The van der Waals surface area contributed by atoms with Crippen molar-refractivity contribution in [3.63, 3.8) is 0 Å². The summed E-state index contributed by atoms with van der Waals surface area (Å²) in [6.07, 6.45) is 8.99. The van der Waals surface area contributed by atoms with E-state index in [1.165, 1.54) is 64.6 Å². The first-order valence-electron chi connectivity index (χ1n) is 10.0. The third-order valence-corrected chi connectivity index (χ3v) is 4.54. The molecule has 0 spiro atoms. The molecule has 0 aliphatic carbocycles. The van der Waals surface area contributed by atoms with Crippen molar-refractivity contribution in [3.05, 3.63) is 0 Å². The zero-order valence-corrected chi connectivity index (χ0v) is 16.4. The van der Waals surface area contributed by atoms with E-state index >= 15 is 0 Å². The van der Waals surface area contributed by atoms with Gasteiger partial charge in [0.15, 0.2) is 0 Å². The molecule has 4 nitrogen and oxygen atoms in total. The first-order chi connectivity index (χ1) is 11.1. The number of nitrogens with one attached hydrogen (secondary N) is 2. The minimum absolute atomic E-state index is 0.623. The van der Waals surface area contributed by atoms with Gasteiger partial charge >= 0.3 is 0 Å². The van der Waals surface area contributed by atoms with E-state index in [1.54, 1.807) is 0 Å². The molecule has 0 fully saturated rings. The second kappa shape index (κ2) is 16.7. The molecule has 0 aromatic carbocycles. The minimum Gasteiger partial charge on any atom is -0.330 e. The predicted molar refractivity (Wildman–Crippen MR) is 104 cm³/mol. The van der Waals surface area contributed by atoms with Crippen LogP contribution in [-0.2, 0) is 0 Å². The highest BCUT2D eigenvalue weighted by molar-refractivity contribution is 4.68. The zero-order chi connectivity index (χ0) is 17.3. The molecule has 0 amide bonds. The van der Waals surface area contributed by atoms with Gasteiger partial charge in [0.25, 0.3) is 0 Å². The molecule has 0 saturated heterocycles. The van der Waals surface area contributed by atoms with Crippen molar-refractivity contribution in [2.75, 3.05) is 39.3 Å². The Kier molecular flexibility index (Phi) is 16.6. The Labute approximate surface area is 146 Å². The summed E-state index contributed by atoms with van der Waals surface area (Å²) in [5, 5.41) is 7.05. The summed E-state index contributed by atoms with van der Waals surface area (Å²) in [6, 6.07) is 1.25. The van der Waals surface area contributed by atoms with Gasteiger partial charge in [-0.25, -0.2) is 0 Å². The fraction of sp³-hybridized carbons (Fsp3) is 1.00. The van der Waals surface area contributed by atoms with Gasteiger partial charge in [-0.05, 0) is 78.8 Å². The number of unbranched alkanes of at least 4 members (excludes halogenated alkanes) is 4. The van der Waals surface area contributed by atoms with Crippen LogP contribution in [0.5, 0.6) is 0 Å². The fourth-order valence-corrected chi connectivity index (χ4v) is 3.00. The summed E-state index contributed by atoms with van der Waals surface area (Å²) in [7, 11) is 0. The monoisotopic (exact) mass is 328 g/mol. The SMILES string of the molecule is CCNC(C)CCN(CCCCCCCN)CCC(C)NCC. The fourth-order valence-electron chi connectivity index (χ4n) is 3.00. The number of hydrogen-bond donors (Lipinski definition) is 3. The van der Waals surface area contributed by atoms with Crippen molar-refractivity contribution < 1.29 is 0 Å². The summed E-state index contributed by atoms with van der Waals surface area (Å²) in [4.78, 5) is 2.67. The quantitative estimate of drug-likeness (QED) is 0.359. The Hall–Kier alpha value is -0.160. The van der Waals surface area contributed by atoms with Crippen LogP contribution in [0.15, 0.2) is 0 Å². The van der Waals surface area contributed by atoms with Crippen molar-refractivity contribution in [1.82, 2.24) is 15.5 Å². The van der Waals surface area contributed by atoms with Crippen LogP contribution in [0, 0.1) is 0 Å². The normalized spacial score (nSPS) is 14.3. The van der Waals surface area contributed by atoms with Crippen LogP contribution in [0.2, 0.25) is 0 Å². The van der Waals surface area contributed by atoms with Crippen LogP contribution >= 0.6 is 0 Å². The highest BCUT2D eigenvalue weighted by atomic mass is 15.1. The van der Waals surface area contributed by atoms with Crippen LogP contribution in [0.4, 0.5) is 0 Å². The van der Waals surface area contributed by atoms with Gasteiger partial charge in [-0.15, -0.1) is 0 Å². The van der Waals surface area contributed by atoms with E-state index in [2.05, 4.69) is 43.2 Å². The molecule has 23 heavy (non-hydrogen) atoms. The van der Waals surface area contributed by atoms with Crippen LogP contribution in [0.25, 0.3) is 0 Å². The summed E-state index contributed by atoms with van der Waals surface area (Å²) < 4.78 is 0. The topological polar surface area (TPSA) is 53.3 Å². The lowest BCUT2D eigenvalue weighted by Crippen LogP contribution is -2.36. The van der Waals surface area contributed by atoms with Crippen LogP contribution < -0.4 is 16.4 Å². The van der Waals surface area contributed by atoms with E-state index in [0.29, 0.717) is 12.1 Å². The van der Waals surface area contributed by atoms with Crippen molar-refractivity contribution in [3.8, 4) is 0 Å². The number of rotatable bonds is 17. The summed E-state index contributed by atoms with van der Waals surface area (Å²) >= 11 is 0. The molecule has 4 N–H and O–H groups in total. The van der Waals surface area contributed by atoms with Crippen LogP contribution in [-0.4, -0.2) is 56.3 Å². The number of nitrogens with zero attached hydrogens (tertiary/aromatic N) is 1. The molecule has 0 aromatic rings. The Bertz CT molecular complexity index is 219. The van der Waals surface area contributed by atoms with Crippen molar-refractivity contribution >= 4 is 0 Å². The van der Waals surface area contributed by atoms with Crippen LogP contribution in [0.1, 0.15) is 72.6 Å². The van der Waals surface area contributed by atoms with E-state index in [4.69, 9.17) is 5.73 Å². The summed E-state index contributed by atoms with van der Waals surface area (Å²) in [5.41, 5.74) is 5.56. The first kappa shape index (κ1) is 22.8. The van der Waals surface area contributed by atoms with Gasteiger partial charge in [0.1, 0.15) is 0 Å². The maximum Gasteiger partial charge on any atom is 0.00507 e. The first-order valence-corrected chi connectivity index (χ1v) is 10.0. The Balaban J connectivity index is 4.00. The van der Waals surface area contributed by atoms with E-state index in [1.807, 2.05) is 0 Å². The molecule has 0 rings (SSSR count). The van der Waals surface area contributed by atoms with Gasteiger partial charge in [0.2, 0.25) is 0 Å². The number of hydrogen-bond acceptors (Lipinski definition) is 4. The molecule has 2 unspecified atom stereocenters. The smallest absolute Gasteiger partial charge is 0.00507 e. The van der Waals surface area contributed by atoms with E-state index in [0.717, 1.165) is 19.6 Å². The van der Waals surface area contributed by atoms with Crippen molar-refractivity contribution in [2.45, 2.75) is 84.7 Å². The molecular weight excluding hydrogens is 284 g/mol. The molecule has 0 aliphatic rings. The largest absolute Gasteiger partial charge is 0.330 e. The van der Waals surface area contributed by atoms with Gasteiger partial charge in [0.05, 0.1) is 0 Å². The molecule has 0 aliphatic heterocycles. The number of nitrogens with two attached hydrogens (primary N) is 1. The summed E-state index contributed by atoms with van der Waals surface area (Å²) in [5.74, 6) is 0. The molecule has 0 saturated carbocycles. The van der Waals surface area contributed by atoms with Gasteiger partial charge in [-0.3, -0.25) is 0 Å². The van der Waals surface area contributed by atoms with Gasteiger partial charge in [-0.2, -0.15) is 0 Å². The third kappa shape index (κ3) is 15.1. The molecule has 0 aromatic heterocycles. The maximum atomic E-state index is 5.56. The van der Waals surface area contributed by atoms with Crippen molar-refractivity contribution in [1.29, 1.82) is 0 Å². The second-order valence-corrected chi connectivity index (χ2v) is 6.89. The summed E-state index contributed by atoms with van der Waals surface area (Å²) in [6.45, 7) is 15.6. The van der Waals surface area contributed by atoms with Gasteiger partial charge in [-0.1, -0.05) is 33.1 Å². The Morgan fingerprint density at radius 1 is 0.739 bits per heavy atom. The third-order valence-electron chi connectivity index (χ3n) is 4.54. The van der Waals surface area contributed by atoms with Gasteiger partial charge in [0, 0.05) is 12.1 Å². The zero-order valence-electron chi connectivity index (χ0n) is 16.4. The predicted octanol–water partition coefficient (Wildman–Crippen LogP) is 2.97. The molecule has 4 heteroatoms. The maximum absolute atomic E-state index is 5.56. The standard InChI is InChI=1S/C19H44N4/c1-5-21-18(3)12-16-23(17-13-19(4)22-6-2)15-11-9-7-8-10-14-20/h18-19,21-22H,5-17,20H2,1-4H3. The molecule has 0 bridgehead atoms. The molecule has 0 heterocycles. The lowest BCUT2D eigenvalue weighted by atomic mass is 10.1. The highest BCUT2D eigenvalue weighted by Gasteiger charge is 2.09.